The predicted molar refractivity (Wildman–Crippen MR) is 110 cm³/mol. The first-order chi connectivity index (χ1) is 14.6. The first-order valence-electron chi connectivity index (χ1n) is 10.3. The van der Waals surface area contributed by atoms with Gasteiger partial charge in [-0.05, 0) is 45.4 Å². The quantitative estimate of drug-likeness (QED) is 0.299. The van der Waals surface area contributed by atoms with Gasteiger partial charge in [0.25, 0.3) is 0 Å². The molecule has 0 bridgehead atoms. The molecule has 31 heavy (non-hydrogen) atoms. The molecule has 2 unspecified atom stereocenters. The lowest BCUT2D eigenvalue weighted by molar-refractivity contribution is -0.145. The van der Waals surface area contributed by atoms with Crippen molar-refractivity contribution in [3.63, 3.8) is 0 Å². The second kappa shape index (κ2) is 13.6. The van der Waals surface area contributed by atoms with E-state index in [2.05, 4.69) is 0 Å². The maximum atomic E-state index is 12.5. The van der Waals surface area contributed by atoms with Gasteiger partial charge in [0, 0.05) is 13.1 Å². The third-order valence-electron chi connectivity index (χ3n) is 4.34. The van der Waals surface area contributed by atoms with Gasteiger partial charge in [0.1, 0.15) is 0 Å². The normalized spacial score (nSPS) is 12.0. The molecule has 0 saturated carbocycles. The van der Waals surface area contributed by atoms with Gasteiger partial charge in [-0.25, -0.2) is 23.5 Å². The van der Waals surface area contributed by atoms with Crippen LogP contribution in [-0.4, -0.2) is 50.5 Å². The molecule has 2 radical (unpaired) electrons. The summed E-state index contributed by atoms with van der Waals surface area (Å²) in [5.74, 6) is -1.21. The van der Waals surface area contributed by atoms with Crippen LogP contribution < -0.4 is 17.1 Å². The highest BCUT2D eigenvalue weighted by molar-refractivity contribution is 5.69. The van der Waals surface area contributed by atoms with Crippen LogP contribution in [0.5, 0.6) is 0 Å². The number of aliphatic hydroxyl groups is 1. The zero-order chi connectivity index (χ0) is 23.4. The number of nitrogens with zero attached hydrogens (tertiary/aromatic N) is 2. The number of aromatic nitrogens is 3. The van der Waals surface area contributed by atoms with E-state index in [4.69, 9.17) is 21.5 Å². The zero-order valence-electron chi connectivity index (χ0n) is 18.0. The van der Waals surface area contributed by atoms with Crippen LogP contribution >= 0.6 is 0 Å². The Labute approximate surface area is 180 Å². The van der Waals surface area contributed by atoms with Crippen LogP contribution in [0.15, 0.2) is 14.4 Å². The Hall–Kier alpha value is -2.69. The van der Waals surface area contributed by atoms with Gasteiger partial charge in [-0.15, -0.1) is 0 Å². The van der Waals surface area contributed by atoms with Crippen LogP contribution in [-0.2, 0) is 32.2 Å². The van der Waals surface area contributed by atoms with E-state index in [1.165, 1.54) is 0 Å². The highest BCUT2D eigenvalue weighted by Gasteiger charge is 2.14. The van der Waals surface area contributed by atoms with Gasteiger partial charge in [-0.1, -0.05) is 6.92 Å². The summed E-state index contributed by atoms with van der Waals surface area (Å²) in [6, 6.07) is 0. The highest BCUT2D eigenvalue weighted by Crippen LogP contribution is 2.03. The van der Waals surface area contributed by atoms with Gasteiger partial charge in [0.05, 0.1) is 32.2 Å². The maximum absolute atomic E-state index is 12.5. The minimum absolute atomic E-state index is 0.00147. The van der Waals surface area contributed by atoms with Gasteiger partial charge in [-0.2, -0.15) is 0 Å². The smallest absolute Gasteiger partial charge is 0.336 e. The topological polar surface area (TPSA) is 150 Å². The summed E-state index contributed by atoms with van der Waals surface area (Å²) in [4.78, 5) is 61.9. The van der Waals surface area contributed by atoms with Gasteiger partial charge in [0.15, 0.2) is 0 Å². The Morgan fingerprint density at radius 3 is 1.81 bits per heavy atom. The fraction of sp³-hybridized carbons (Fsp3) is 0.700. The number of carbonyl (C=O) groups excluding carboxylic acids is 2. The molecule has 0 fully saturated rings. The van der Waals surface area contributed by atoms with Crippen LogP contribution in [0.3, 0.4) is 0 Å². The Balaban J connectivity index is 2.62. The number of rotatable bonds is 14. The molecule has 1 rings (SSSR count). The van der Waals surface area contributed by atoms with E-state index < -0.39 is 35.1 Å². The fourth-order valence-electron chi connectivity index (χ4n) is 2.65. The summed E-state index contributed by atoms with van der Waals surface area (Å²) in [6.07, 6.45) is 1.28. The minimum Gasteiger partial charge on any atom is -0.466 e. The van der Waals surface area contributed by atoms with E-state index in [9.17, 15) is 24.0 Å². The van der Waals surface area contributed by atoms with Crippen LogP contribution in [0.4, 0.5) is 0 Å². The number of esters is 2. The van der Waals surface area contributed by atoms with Crippen molar-refractivity contribution >= 4 is 11.9 Å². The molecule has 174 valence electrons. The van der Waals surface area contributed by atoms with E-state index >= 15 is 0 Å². The summed E-state index contributed by atoms with van der Waals surface area (Å²) >= 11 is 0. The molecule has 0 aliphatic rings. The zero-order valence-corrected chi connectivity index (χ0v) is 18.0. The maximum Gasteiger partial charge on any atom is 0.336 e. The van der Waals surface area contributed by atoms with Crippen molar-refractivity contribution in [2.24, 2.45) is 5.92 Å². The number of carbonyl (C=O) groups is 2. The number of aliphatic hydroxyl groups excluding tert-OH is 1. The Morgan fingerprint density at radius 1 is 0.935 bits per heavy atom. The van der Waals surface area contributed by atoms with Crippen LogP contribution in [0.1, 0.15) is 52.4 Å². The van der Waals surface area contributed by atoms with E-state index in [0.717, 1.165) is 0 Å². The molecule has 0 amide bonds. The molecule has 1 heterocycles. The lowest BCUT2D eigenvalue weighted by Crippen LogP contribution is -2.49. The van der Waals surface area contributed by atoms with Crippen molar-refractivity contribution in [3.8, 4) is 0 Å². The van der Waals surface area contributed by atoms with E-state index in [1.54, 1.807) is 6.92 Å². The molecular formula is C20H31N3O8. The Bertz CT molecular complexity index is 814. The molecule has 11 heteroatoms. The number of aromatic amines is 1. The summed E-state index contributed by atoms with van der Waals surface area (Å²) in [7, 11) is 0. The average Bonchev–Trinajstić information content (AvgIpc) is 2.67. The van der Waals surface area contributed by atoms with E-state index in [1.807, 2.05) is 11.9 Å². The number of hydrogen-bond acceptors (Lipinski definition) is 8. The molecule has 2 N–H and O–H groups in total. The number of hydrogen-bond donors (Lipinski definition) is 2. The number of H-pyrrole nitrogens is 1. The third kappa shape index (κ3) is 10.3. The molecule has 2 atom stereocenters. The number of nitrogens with one attached hydrogen (secondary N) is 1. The highest BCUT2D eigenvalue weighted by atomic mass is 16.5. The first kappa shape index (κ1) is 26.3. The van der Waals surface area contributed by atoms with Crippen LogP contribution in [0, 0.1) is 12.8 Å². The van der Waals surface area contributed by atoms with Gasteiger partial charge >= 0.3 is 29.0 Å². The van der Waals surface area contributed by atoms with Gasteiger partial charge in [-0.3, -0.25) is 14.6 Å². The molecule has 0 saturated heterocycles. The van der Waals surface area contributed by atoms with Crippen molar-refractivity contribution in [1.82, 2.24) is 14.1 Å². The molecule has 1 aromatic rings. The molecule has 0 aliphatic carbocycles. The molecule has 0 aliphatic heterocycles. The summed E-state index contributed by atoms with van der Waals surface area (Å²) < 4.78 is 11.4. The van der Waals surface area contributed by atoms with Crippen LogP contribution in [0.2, 0.25) is 0 Å². The van der Waals surface area contributed by atoms with Crippen molar-refractivity contribution in [2.45, 2.75) is 71.6 Å². The Morgan fingerprint density at radius 2 is 1.39 bits per heavy atom. The van der Waals surface area contributed by atoms with Crippen LogP contribution in [0.25, 0.3) is 0 Å². The summed E-state index contributed by atoms with van der Waals surface area (Å²) in [5.41, 5.74) is -2.83. The average molecular weight is 441 g/mol. The monoisotopic (exact) mass is 441 g/mol. The molecule has 0 spiro atoms. The van der Waals surface area contributed by atoms with Crippen molar-refractivity contribution in [1.29, 1.82) is 0 Å². The Kier molecular flexibility index (Phi) is 11.5. The largest absolute Gasteiger partial charge is 0.466 e. The van der Waals surface area contributed by atoms with Crippen molar-refractivity contribution in [3.05, 3.63) is 38.4 Å². The second-order valence-corrected chi connectivity index (χ2v) is 7.37. The summed E-state index contributed by atoms with van der Waals surface area (Å²) in [6.45, 7) is 8.81. The van der Waals surface area contributed by atoms with Crippen molar-refractivity contribution < 1.29 is 24.2 Å². The lowest BCUT2D eigenvalue weighted by atomic mass is 10.1. The fourth-order valence-corrected chi connectivity index (χ4v) is 2.65. The summed E-state index contributed by atoms with van der Waals surface area (Å²) in [5, 5.41) is 9.15. The molecule has 1 aromatic heterocycles. The van der Waals surface area contributed by atoms with Gasteiger partial charge in [0.2, 0.25) is 0 Å². The third-order valence-corrected chi connectivity index (χ3v) is 4.34. The SMILES string of the molecule is [CH]C(C)CCCOC(=O)CCn1c(=O)[nH]c(=O)n(CCC(=O)OCCCC(C)O)c1=O. The van der Waals surface area contributed by atoms with E-state index in [-0.39, 0.29) is 45.1 Å². The minimum atomic E-state index is -0.952. The molecular weight excluding hydrogens is 410 g/mol. The first-order valence-corrected chi connectivity index (χ1v) is 10.3. The molecule has 0 aromatic carbocycles. The van der Waals surface area contributed by atoms with E-state index in [0.29, 0.717) is 34.8 Å². The lowest BCUT2D eigenvalue weighted by Gasteiger charge is -2.10. The van der Waals surface area contributed by atoms with Gasteiger partial charge < -0.3 is 14.6 Å². The standard InChI is InChI=1S/C20H31N3O8/c1-14(2)6-4-12-30-16(25)8-10-22-18(27)21-19(28)23(20(22)29)11-9-17(26)31-13-5-7-15(3)24/h1,14-15,24H,4-13H2,2-3H3,(H,21,27,28). The second-order valence-electron chi connectivity index (χ2n) is 7.37. The number of ether oxygens (including phenoxy) is 2. The molecule has 11 nitrogen and oxygen atoms in total. The van der Waals surface area contributed by atoms with Crippen molar-refractivity contribution in [2.75, 3.05) is 13.2 Å². The predicted octanol–water partition coefficient (Wildman–Crippen LogP) is -0.147.